The Hall–Kier alpha value is -2.12. The van der Waals surface area contributed by atoms with E-state index in [1.807, 2.05) is 0 Å². The minimum atomic E-state index is -1.06. The van der Waals surface area contributed by atoms with Gasteiger partial charge < -0.3 is 15.3 Å². The van der Waals surface area contributed by atoms with Crippen LogP contribution in [-0.2, 0) is 14.4 Å². The highest BCUT2D eigenvalue weighted by atomic mass is 16.4. The molecule has 8 heteroatoms. The van der Waals surface area contributed by atoms with Gasteiger partial charge in [0, 0.05) is 6.54 Å². The van der Waals surface area contributed by atoms with E-state index in [0.717, 1.165) is 17.7 Å². The first-order valence-electron chi connectivity index (χ1n) is 6.90. The number of piperidine rings is 1. The largest absolute Gasteiger partial charge is 0.480 e. The van der Waals surface area contributed by atoms with E-state index in [9.17, 15) is 19.2 Å². The van der Waals surface area contributed by atoms with Crippen LogP contribution in [0.2, 0.25) is 0 Å². The van der Waals surface area contributed by atoms with Crippen molar-refractivity contribution in [2.45, 2.75) is 44.7 Å². The molecule has 0 aromatic heterocycles. The summed E-state index contributed by atoms with van der Waals surface area (Å²) >= 11 is 0. The van der Waals surface area contributed by atoms with Crippen molar-refractivity contribution < 1.29 is 24.3 Å². The molecule has 0 bridgehead atoms. The Morgan fingerprint density at radius 3 is 2.52 bits per heavy atom. The van der Waals surface area contributed by atoms with Gasteiger partial charge in [0.2, 0.25) is 5.91 Å². The summed E-state index contributed by atoms with van der Waals surface area (Å²) in [7, 11) is 0. The molecule has 2 aliphatic heterocycles. The highest BCUT2D eigenvalue weighted by molar-refractivity contribution is 6.08. The quantitative estimate of drug-likeness (QED) is 0.700. The van der Waals surface area contributed by atoms with Gasteiger partial charge in [0.05, 0.1) is 0 Å². The Bertz CT molecular complexity index is 502. The van der Waals surface area contributed by atoms with Gasteiger partial charge in [0.25, 0.3) is 5.91 Å². The first kappa shape index (κ1) is 15.3. The molecule has 0 spiro atoms. The van der Waals surface area contributed by atoms with Crippen LogP contribution < -0.4 is 5.32 Å². The highest BCUT2D eigenvalue weighted by Crippen LogP contribution is 2.20. The topological polar surface area (TPSA) is 107 Å². The van der Waals surface area contributed by atoms with Crippen LogP contribution in [0.3, 0.4) is 0 Å². The van der Waals surface area contributed by atoms with E-state index in [2.05, 4.69) is 5.32 Å². The van der Waals surface area contributed by atoms with Crippen LogP contribution in [-0.4, -0.2) is 63.4 Å². The summed E-state index contributed by atoms with van der Waals surface area (Å²) in [5, 5.41) is 11.6. The maximum atomic E-state index is 12.3. The predicted molar refractivity (Wildman–Crippen MR) is 71.3 cm³/mol. The fraction of sp³-hybridized carbons (Fsp3) is 0.692. The molecule has 21 heavy (non-hydrogen) atoms. The van der Waals surface area contributed by atoms with Gasteiger partial charge in [-0.05, 0) is 33.1 Å². The Kier molecular flexibility index (Phi) is 3.89. The van der Waals surface area contributed by atoms with Gasteiger partial charge >= 0.3 is 12.0 Å². The monoisotopic (exact) mass is 297 g/mol. The van der Waals surface area contributed by atoms with Crippen LogP contribution in [0, 0.1) is 0 Å². The van der Waals surface area contributed by atoms with Gasteiger partial charge in [-0.1, -0.05) is 0 Å². The number of amides is 4. The van der Waals surface area contributed by atoms with Crippen molar-refractivity contribution in [3.8, 4) is 0 Å². The van der Waals surface area contributed by atoms with E-state index in [1.165, 1.54) is 4.90 Å². The van der Waals surface area contributed by atoms with Crippen LogP contribution in [0.1, 0.15) is 33.1 Å². The molecule has 0 saturated carbocycles. The van der Waals surface area contributed by atoms with E-state index < -0.39 is 41.9 Å². The van der Waals surface area contributed by atoms with Gasteiger partial charge in [-0.25, -0.2) is 9.59 Å². The van der Waals surface area contributed by atoms with E-state index in [4.69, 9.17) is 5.11 Å². The molecule has 0 radical (unpaired) electrons. The molecule has 0 aromatic rings. The molecule has 2 rings (SSSR count). The number of hydrogen-bond acceptors (Lipinski definition) is 4. The molecular weight excluding hydrogens is 278 g/mol. The summed E-state index contributed by atoms with van der Waals surface area (Å²) in [6.45, 7) is 3.03. The van der Waals surface area contributed by atoms with E-state index in [1.54, 1.807) is 13.8 Å². The maximum absolute atomic E-state index is 12.3. The van der Waals surface area contributed by atoms with Crippen LogP contribution in [0.25, 0.3) is 0 Å². The number of hydrogen-bond donors (Lipinski definition) is 2. The summed E-state index contributed by atoms with van der Waals surface area (Å²) in [5.74, 6) is -2.05. The van der Waals surface area contributed by atoms with Crippen molar-refractivity contribution in [2.75, 3.05) is 13.1 Å². The molecule has 0 aliphatic carbocycles. The maximum Gasteiger partial charge on any atom is 0.326 e. The zero-order valence-corrected chi connectivity index (χ0v) is 12.1. The average molecular weight is 297 g/mol. The number of nitrogens with zero attached hydrogens (tertiary/aromatic N) is 2. The Morgan fingerprint density at radius 1 is 1.33 bits per heavy atom. The molecule has 2 heterocycles. The number of rotatable bonds is 3. The Morgan fingerprint density at radius 2 is 2.00 bits per heavy atom. The Labute approximate surface area is 122 Å². The van der Waals surface area contributed by atoms with Gasteiger partial charge in [0.15, 0.2) is 0 Å². The molecular formula is C13H19N3O5. The molecule has 4 amide bonds. The third kappa shape index (κ3) is 2.84. The molecule has 8 nitrogen and oxygen atoms in total. The second-order valence-electron chi connectivity index (χ2n) is 5.88. The lowest BCUT2D eigenvalue weighted by Crippen LogP contribution is -2.52. The fourth-order valence-electron chi connectivity index (χ4n) is 2.67. The molecule has 2 saturated heterocycles. The second-order valence-corrected chi connectivity index (χ2v) is 5.88. The van der Waals surface area contributed by atoms with Crippen LogP contribution in [0.5, 0.6) is 0 Å². The number of carboxylic acids is 1. The normalized spacial score (nSPS) is 25.0. The van der Waals surface area contributed by atoms with Crippen molar-refractivity contribution in [3.05, 3.63) is 0 Å². The lowest BCUT2D eigenvalue weighted by molar-refractivity contribution is -0.152. The number of likely N-dealkylation sites (tertiary alicyclic amines) is 1. The van der Waals surface area contributed by atoms with Crippen molar-refractivity contribution in [3.63, 3.8) is 0 Å². The van der Waals surface area contributed by atoms with Crippen LogP contribution in [0.4, 0.5) is 4.79 Å². The number of nitrogens with one attached hydrogen (secondary N) is 1. The second kappa shape index (κ2) is 5.34. The standard InChI is InChI=1S/C13H19N3O5/c1-13(2)11(20)16(12(21)14-13)7-9(17)15-6-4-3-5-8(15)10(18)19/h8H,3-7H2,1-2H3,(H,14,21)(H,18,19). The van der Waals surface area contributed by atoms with Crippen molar-refractivity contribution in [2.24, 2.45) is 0 Å². The number of imide groups is 1. The smallest absolute Gasteiger partial charge is 0.326 e. The van der Waals surface area contributed by atoms with Crippen LogP contribution in [0.15, 0.2) is 0 Å². The number of carboxylic acid groups (broad SMARTS) is 1. The van der Waals surface area contributed by atoms with E-state index in [0.29, 0.717) is 13.0 Å². The van der Waals surface area contributed by atoms with Gasteiger partial charge in [-0.3, -0.25) is 14.5 Å². The minimum absolute atomic E-state index is 0.336. The summed E-state index contributed by atoms with van der Waals surface area (Å²) in [4.78, 5) is 49.3. The third-order valence-corrected chi connectivity index (χ3v) is 3.85. The van der Waals surface area contributed by atoms with E-state index >= 15 is 0 Å². The summed E-state index contributed by atoms with van der Waals surface area (Å²) in [5.41, 5.74) is -1.04. The predicted octanol–water partition coefficient (Wildman–Crippen LogP) is -0.217. The molecule has 2 aliphatic rings. The van der Waals surface area contributed by atoms with Gasteiger partial charge in [-0.15, -0.1) is 0 Å². The summed E-state index contributed by atoms with van der Waals surface area (Å²) in [6, 6.07) is -1.50. The first-order chi connectivity index (χ1) is 9.74. The number of urea groups is 1. The molecule has 116 valence electrons. The van der Waals surface area contributed by atoms with E-state index in [-0.39, 0.29) is 0 Å². The minimum Gasteiger partial charge on any atom is -0.480 e. The number of carbonyl (C=O) groups excluding carboxylic acids is 3. The molecule has 2 N–H and O–H groups in total. The average Bonchev–Trinajstić information content (AvgIpc) is 2.60. The lowest BCUT2D eigenvalue weighted by Gasteiger charge is -2.33. The Balaban J connectivity index is 2.09. The zero-order chi connectivity index (χ0) is 15.8. The number of aliphatic carboxylic acids is 1. The van der Waals surface area contributed by atoms with Gasteiger partial charge in [-0.2, -0.15) is 0 Å². The lowest BCUT2D eigenvalue weighted by atomic mass is 10.0. The fourth-order valence-corrected chi connectivity index (χ4v) is 2.67. The summed E-state index contributed by atoms with van der Waals surface area (Å²) in [6.07, 6.45) is 1.87. The molecule has 0 aromatic carbocycles. The molecule has 1 atom stereocenters. The molecule has 2 fully saturated rings. The van der Waals surface area contributed by atoms with Crippen molar-refractivity contribution >= 4 is 23.8 Å². The highest BCUT2D eigenvalue weighted by Gasteiger charge is 2.46. The van der Waals surface area contributed by atoms with Crippen molar-refractivity contribution in [1.82, 2.24) is 15.1 Å². The molecule has 1 unspecified atom stereocenters. The van der Waals surface area contributed by atoms with Gasteiger partial charge in [0.1, 0.15) is 18.1 Å². The third-order valence-electron chi connectivity index (χ3n) is 3.85. The number of carbonyl (C=O) groups is 4. The summed E-state index contributed by atoms with van der Waals surface area (Å²) < 4.78 is 0. The van der Waals surface area contributed by atoms with Crippen molar-refractivity contribution in [1.29, 1.82) is 0 Å². The zero-order valence-electron chi connectivity index (χ0n) is 12.1. The van der Waals surface area contributed by atoms with Crippen LogP contribution >= 0.6 is 0 Å². The first-order valence-corrected chi connectivity index (χ1v) is 6.90. The SMILES string of the molecule is CC1(C)NC(=O)N(CC(=O)N2CCCCC2C(=O)O)C1=O.